The monoisotopic (exact) mass is 274 g/mol. The maximum absolute atomic E-state index is 11.7. The molecule has 0 saturated carbocycles. The van der Waals surface area contributed by atoms with Gasteiger partial charge in [0.05, 0.1) is 5.38 Å². The summed E-state index contributed by atoms with van der Waals surface area (Å²) in [4.78, 5) is 22.5. The van der Waals surface area contributed by atoms with Crippen molar-refractivity contribution in [1.29, 1.82) is 0 Å². The minimum atomic E-state index is -1.71. The molecule has 6 heteroatoms. The molecule has 0 heterocycles. The molecule has 0 saturated heterocycles. The number of benzene rings is 1. The molecule has 2 atom stereocenters. The first-order chi connectivity index (χ1) is 7.86. The lowest BCUT2D eigenvalue weighted by Crippen LogP contribution is -2.15. The molecule has 0 aliphatic heterocycles. The zero-order valence-electron chi connectivity index (χ0n) is 8.92. The van der Waals surface area contributed by atoms with E-state index in [1.165, 1.54) is 25.1 Å². The first kappa shape index (κ1) is 14.0. The molecule has 0 radical (unpaired) electrons. The summed E-state index contributed by atoms with van der Waals surface area (Å²) in [5, 5.41) is 17.4. The highest BCUT2D eigenvalue weighted by atomic mass is 35.5. The molecule has 0 aliphatic rings. The normalized spacial score (nSPS) is 14.1. The van der Waals surface area contributed by atoms with Crippen LogP contribution in [0.5, 0.6) is 0 Å². The number of carboxylic acids is 1. The summed E-state index contributed by atoms with van der Waals surface area (Å²) in [7, 11) is 0. The molecular weight excluding hydrogens is 264 g/mol. The Morgan fingerprint density at radius 3 is 2.47 bits per heavy atom. The highest BCUT2D eigenvalue weighted by molar-refractivity contribution is 7.80. The summed E-state index contributed by atoms with van der Waals surface area (Å²) in [6, 6.07) is 4.37. The van der Waals surface area contributed by atoms with Crippen molar-refractivity contribution >= 4 is 36.0 Å². The van der Waals surface area contributed by atoms with Crippen LogP contribution >= 0.6 is 24.2 Å². The van der Waals surface area contributed by atoms with Crippen LogP contribution < -0.4 is 0 Å². The summed E-state index contributed by atoms with van der Waals surface area (Å²) < 4.78 is 0. The minimum Gasteiger partial charge on any atom is -0.479 e. The number of Topliss-reactive ketones (excluding diaryl/α,β-unsaturated/α-hetero) is 1. The van der Waals surface area contributed by atoms with E-state index in [0.29, 0.717) is 0 Å². The van der Waals surface area contributed by atoms with Crippen molar-refractivity contribution in [3.8, 4) is 0 Å². The molecule has 2 unspecified atom stereocenters. The minimum absolute atomic E-state index is 0.0731. The lowest BCUT2D eigenvalue weighted by molar-refractivity contribution is -0.147. The predicted octanol–water partition coefficient (Wildman–Crippen LogP) is 1.90. The number of hydrogen-bond donors (Lipinski definition) is 3. The third-order valence-corrected chi connectivity index (χ3v) is 2.92. The van der Waals surface area contributed by atoms with Gasteiger partial charge in [-0.1, -0.05) is 18.2 Å². The van der Waals surface area contributed by atoms with E-state index in [-0.39, 0.29) is 21.8 Å². The van der Waals surface area contributed by atoms with Gasteiger partial charge in [0.1, 0.15) is 0 Å². The van der Waals surface area contributed by atoms with E-state index < -0.39 is 17.5 Å². The van der Waals surface area contributed by atoms with Crippen molar-refractivity contribution in [3.63, 3.8) is 0 Å². The molecule has 0 bridgehead atoms. The Morgan fingerprint density at radius 2 is 2.00 bits per heavy atom. The Kier molecular flexibility index (Phi) is 4.56. The van der Waals surface area contributed by atoms with E-state index in [1.54, 1.807) is 0 Å². The van der Waals surface area contributed by atoms with Gasteiger partial charge in [-0.3, -0.25) is 4.79 Å². The topological polar surface area (TPSA) is 74.6 Å². The molecule has 4 nitrogen and oxygen atoms in total. The van der Waals surface area contributed by atoms with Crippen molar-refractivity contribution < 1.29 is 19.8 Å². The van der Waals surface area contributed by atoms with E-state index in [1.807, 2.05) is 0 Å². The Bertz CT molecular complexity index is 459. The van der Waals surface area contributed by atoms with Crippen LogP contribution in [0.3, 0.4) is 0 Å². The van der Waals surface area contributed by atoms with Gasteiger partial charge in [-0.25, -0.2) is 4.79 Å². The van der Waals surface area contributed by atoms with Crippen molar-refractivity contribution in [3.05, 3.63) is 29.3 Å². The van der Waals surface area contributed by atoms with Crippen LogP contribution in [0.15, 0.2) is 23.1 Å². The summed E-state index contributed by atoms with van der Waals surface area (Å²) in [5.41, 5.74) is 0.276. The fraction of sp³-hybridized carbons (Fsp3) is 0.273. The molecule has 17 heavy (non-hydrogen) atoms. The van der Waals surface area contributed by atoms with Crippen LogP contribution in [-0.4, -0.2) is 27.3 Å². The molecule has 2 N–H and O–H groups in total. The molecule has 92 valence electrons. The maximum Gasteiger partial charge on any atom is 0.337 e. The summed E-state index contributed by atoms with van der Waals surface area (Å²) in [6.07, 6.45) is -1.71. The average molecular weight is 275 g/mol. The quantitative estimate of drug-likeness (QED) is 0.445. The number of thiol groups is 1. The van der Waals surface area contributed by atoms with Crippen LogP contribution in [0.4, 0.5) is 0 Å². The van der Waals surface area contributed by atoms with Crippen LogP contribution in [0.25, 0.3) is 0 Å². The zero-order chi connectivity index (χ0) is 13.2. The zero-order valence-corrected chi connectivity index (χ0v) is 10.6. The van der Waals surface area contributed by atoms with E-state index in [0.717, 1.165) is 0 Å². The standard InChI is InChI=1S/C11H11ClO4S/c1-5(12)8(13)6-3-2-4-7(10(6)17)9(14)11(15)16/h2-5,9,14,17H,1H3,(H,15,16). The van der Waals surface area contributed by atoms with Gasteiger partial charge in [0.25, 0.3) is 0 Å². The lowest BCUT2D eigenvalue weighted by atomic mass is 10.0. The molecule has 0 fully saturated rings. The highest BCUT2D eigenvalue weighted by Crippen LogP contribution is 2.26. The average Bonchev–Trinajstić information content (AvgIpc) is 2.27. The van der Waals surface area contributed by atoms with Gasteiger partial charge < -0.3 is 10.2 Å². The number of aliphatic carboxylic acids is 1. The van der Waals surface area contributed by atoms with E-state index in [9.17, 15) is 14.7 Å². The first-order valence-electron chi connectivity index (χ1n) is 4.77. The number of halogens is 1. The van der Waals surface area contributed by atoms with E-state index >= 15 is 0 Å². The third kappa shape index (κ3) is 3.00. The second-order valence-electron chi connectivity index (χ2n) is 3.46. The Labute approximate surface area is 109 Å². The number of hydrogen-bond acceptors (Lipinski definition) is 4. The number of aliphatic hydroxyl groups is 1. The van der Waals surface area contributed by atoms with Crippen LogP contribution in [0, 0.1) is 0 Å². The number of rotatable bonds is 4. The van der Waals surface area contributed by atoms with E-state index in [4.69, 9.17) is 16.7 Å². The fourth-order valence-corrected chi connectivity index (χ4v) is 1.83. The predicted molar refractivity (Wildman–Crippen MR) is 65.9 cm³/mol. The van der Waals surface area contributed by atoms with Gasteiger partial charge in [-0.2, -0.15) is 0 Å². The Morgan fingerprint density at radius 1 is 1.41 bits per heavy atom. The first-order valence-corrected chi connectivity index (χ1v) is 5.65. The number of carboxylic acid groups (broad SMARTS) is 1. The van der Waals surface area contributed by atoms with Gasteiger partial charge in [0.15, 0.2) is 11.9 Å². The Balaban J connectivity index is 3.25. The SMILES string of the molecule is CC(Cl)C(=O)c1cccc(C(O)C(=O)O)c1S. The van der Waals surface area contributed by atoms with E-state index in [2.05, 4.69) is 12.6 Å². The number of ketones is 1. The Hall–Kier alpha value is -1.04. The molecule has 0 aromatic heterocycles. The number of carbonyl (C=O) groups is 2. The number of aliphatic hydroxyl groups excluding tert-OH is 1. The largest absolute Gasteiger partial charge is 0.479 e. The summed E-state index contributed by atoms with van der Waals surface area (Å²) >= 11 is 9.74. The molecule has 0 amide bonds. The van der Waals surface area contributed by atoms with Gasteiger partial charge in [0.2, 0.25) is 0 Å². The van der Waals surface area contributed by atoms with Gasteiger partial charge in [-0.15, -0.1) is 24.2 Å². The van der Waals surface area contributed by atoms with Crippen molar-refractivity contribution in [2.75, 3.05) is 0 Å². The maximum atomic E-state index is 11.7. The summed E-state index contributed by atoms with van der Waals surface area (Å²) in [6.45, 7) is 1.51. The van der Waals surface area contributed by atoms with Crippen molar-refractivity contribution in [2.45, 2.75) is 23.3 Å². The molecule has 1 rings (SSSR count). The smallest absolute Gasteiger partial charge is 0.337 e. The van der Waals surface area contributed by atoms with Crippen LogP contribution in [-0.2, 0) is 4.79 Å². The fourth-order valence-electron chi connectivity index (χ4n) is 1.33. The number of alkyl halides is 1. The van der Waals surface area contributed by atoms with Gasteiger partial charge >= 0.3 is 5.97 Å². The third-order valence-electron chi connectivity index (χ3n) is 2.22. The van der Waals surface area contributed by atoms with Crippen LogP contribution in [0.1, 0.15) is 28.9 Å². The molecular formula is C11H11ClO4S. The van der Waals surface area contributed by atoms with Gasteiger partial charge in [-0.05, 0) is 6.92 Å². The lowest BCUT2D eigenvalue weighted by Gasteiger charge is -2.12. The van der Waals surface area contributed by atoms with Crippen LogP contribution in [0.2, 0.25) is 0 Å². The second-order valence-corrected chi connectivity index (χ2v) is 4.57. The molecule has 1 aromatic carbocycles. The van der Waals surface area contributed by atoms with Gasteiger partial charge in [0, 0.05) is 16.0 Å². The number of carbonyl (C=O) groups excluding carboxylic acids is 1. The molecule has 1 aromatic rings. The van der Waals surface area contributed by atoms with Crippen molar-refractivity contribution in [2.24, 2.45) is 0 Å². The summed E-state index contributed by atoms with van der Waals surface area (Å²) in [5.74, 6) is -1.76. The molecule has 0 spiro atoms. The highest BCUT2D eigenvalue weighted by Gasteiger charge is 2.23. The second kappa shape index (κ2) is 5.53. The molecule has 0 aliphatic carbocycles. The van der Waals surface area contributed by atoms with Crippen molar-refractivity contribution in [1.82, 2.24) is 0 Å².